The second-order valence-corrected chi connectivity index (χ2v) is 9.71. The summed E-state index contributed by atoms with van der Waals surface area (Å²) >= 11 is 0. The second kappa shape index (κ2) is 13.0. The number of nitrogens with zero attached hydrogens (tertiary/aromatic N) is 1. The van der Waals surface area contributed by atoms with Gasteiger partial charge in [-0.25, -0.2) is 0 Å². The Morgan fingerprint density at radius 2 is 1.71 bits per heavy atom. The maximum atomic E-state index is 14.1. The Morgan fingerprint density at radius 3 is 2.37 bits per heavy atom. The van der Waals surface area contributed by atoms with E-state index in [4.69, 9.17) is 9.47 Å². The number of nitrogens with one attached hydrogen (secondary N) is 1. The average molecular weight is 513 g/mol. The highest BCUT2D eigenvalue weighted by Gasteiger charge is 2.37. The molecule has 0 saturated heterocycles. The molecule has 0 radical (unpaired) electrons. The number of amides is 2. The number of carbonyl (C=O) groups excluding carboxylic acids is 2. The fraction of sp³-hybridized carbons (Fsp3) is 0.312. The molecule has 2 amide bonds. The minimum Gasteiger partial charge on any atom is -0.497 e. The van der Waals surface area contributed by atoms with Crippen molar-refractivity contribution in [1.82, 2.24) is 4.90 Å². The molecule has 38 heavy (non-hydrogen) atoms. The van der Waals surface area contributed by atoms with Crippen molar-refractivity contribution in [1.29, 1.82) is 0 Å². The summed E-state index contributed by atoms with van der Waals surface area (Å²) in [6.07, 6.45) is 6.94. The predicted molar refractivity (Wildman–Crippen MR) is 150 cm³/mol. The van der Waals surface area contributed by atoms with Crippen LogP contribution in [0.25, 0.3) is 0 Å². The highest BCUT2D eigenvalue weighted by molar-refractivity contribution is 5.98. The van der Waals surface area contributed by atoms with Crippen LogP contribution in [-0.4, -0.2) is 37.0 Å². The van der Waals surface area contributed by atoms with E-state index in [9.17, 15) is 9.59 Å². The fourth-order valence-corrected chi connectivity index (χ4v) is 4.93. The third-order valence-corrected chi connectivity index (χ3v) is 7.02. The highest BCUT2D eigenvalue weighted by Crippen LogP contribution is 2.32. The highest BCUT2D eigenvalue weighted by atomic mass is 16.5. The Morgan fingerprint density at radius 1 is 0.947 bits per heavy atom. The van der Waals surface area contributed by atoms with Gasteiger partial charge >= 0.3 is 0 Å². The minimum absolute atomic E-state index is 0.00517. The summed E-state index contributed by atoms with van der Waals surface area (Å²) in [5.41, 5.74) is 3.60. The standard InChI is InChI=1S/C32H36N2O4/c1-23-14-16-25(17-15-23)22-34(30(35)20-24-10-6-4-7-11-24)31(26-12-8-5-9-13-26)32(36)33-28-19-18-27(37-2)21-29(28)38-3/h4-8,10-11,14-19,21,26,31H,9,12-13,20,22H2,1-3H3,(H,33,36). The van der Waals surface area contributed by atoms with Crippen LogP contribution in [0.1, 0.15) is 36.0 Å². The van der Waals surface area contributed by atoms with Crippen LogP contribution in [0.3, 0.4) is 0 Å². The summed E-state index contributed by atoms with van der Waals surface area (Å²) in [6, 6.07) is 22.5. The van der Waals surface area contributed by atoms with Crippen LogP contribution >= 0.6 is 0 Å². The van der Waals surface area contributed by atoms with Gasteiger partial charge in [0.25, 0.3) is 0 Å². The first-order valence-corrected chi connectivity index (χ1v) is 13.1. The molecule has 2 unspecified atom stereocenters. The number of anilines is 1. The van der Waals surface area contributed by atoms with Crippen LogP contribution in [0.2, 0.25) is 0 Å². The number of rotatable bonds is 10. The lowest BCUT2D eigenvalue weighted by Crippen LogP contribution is -2.51. The number of methoxy groups -OCH3 is 2. The van der Waals surface area contributed by atoms with Crippen molar-refractivity contribution < 1.29 is 19.1 Å². The van der Waals surface area contributed by atoms with Gasteiger partial charge < -0.3 is 19.7 Å². The van der Waals surface area contributed by atoms with E-state index in [1.807, 2.05) is 61.5 Å². The first kappa shape index (κ1) is 27.0. The lowest BCUT2D eigenvalue weighted by atomic mass is 9.85. The topological polar surface area (TPSA) is 67.9 Å². The molecule has 198 valence electrons. The van der Waals surface area contributed by atoms with Gasteiger partial charge in [0, 0.05) is 12.6 Å². The number of allylic oxidation sites excluding steroid dienone is 2. The van der Waals surface area contributed by atoms with Crippen molar-refractivity contribution in [2.24, 2.45) is 5.92 Å². The molecule has 3 aromatic carbocycles. The molecule has 0 aromatic heterocycles. The molecule has 1 aliphatic carbocycles. The number of hydrogen-bond donors (Lipinski definition) is 1. The van der Waals surface area contributed by atoms with E-state index in [2.05, 4.69) is 17.5 Å². The van der Waals surface area contributed by atoms with Crippen molar-refractivity contribution in [2.45, 2.75) is 45.2 Å². The van der Waals surface area contributed by atoms with Gasteiger partial charge in [-0.2, -0.15) is 0 Å². The zero-order valence-corrected chi connectivity index (χ0v) is 22.4. The Balaban J connectivity index is 1.70. The summed E-state index contributed by atoms with van der Waals surface area (Å²) in [7, 11) is 3.14. The quantitative estimate of drug-likeness (QED) is 0.341. The molecule has 0 heterocycles. The molecule has 6 nitrogen and oxygen atoms in total. The summed E-state index contributed by atoms with van der Waals surface area (Å²) in [5.74, 6) is 0.832. The lowest BCUT2D eigenvalue weighted by Gasteiger charge is -2.37. The molecule has 0 fully saturated rings. The number of benzene rings is 3. The smallest absolute Gasteiger partial charge is 0.247 e. The molecule has 4 rings (SSSR count). The number of hydrogen-bond acceptors (Lipinski definition) is 4. The van der Waals surface area contributed by atoms with E-state index in [-0.39, 0.29) is 24.2 Å². The molecule has 0 bridgehead atoms. The van der Waals surface area contributed by atoms with Crippen LogP contribution in [0.4, 0.5) is 5.69 Å². The molecule has 2 atom stereocenters. The molecule has 0 aliphatic heterocycles. The van der Waals surface area contributed by atoms with E-state index >= 15 is 0 Å². The molecular weight excluding hydrogens is 476 g/mol. The van der Waals surface area contributed by atoms with Crippen molar-refractivity contribution in [2.75, 3.05) is 19.5 Å². The molecule has 6 heteroatoms. The van der Waals surface area contributed by atoms with Gasteiger partial charge in [-0.1, -0.05) is 72.3 Å². The van der Waals surface area contributed by atoms with Crippen LogP contribution in [-0.2, 0) is 22.6 Å². The summed E-state index contributed by atoms with van der Waals surface area (Å²) in [5, 5.41) is 3.07. The predicted octanol–water partition coefficient (Wildman–Crippen LogP) is 5.95. The van der Waals surface area contributed by atoms with Gasteiger partial charge in [-0.3, -0.25) is 9.59 Å². The van der Waals surface area contributed by atoms with Crippen LogP contribution in [0.5, 0.6) is 11.5 Å². The molecule has 1 aliphatic rings. The minimum atomic E-state index is -0.649. The van der Waals surface area contributed by atoms with Crippen molar-refractivity contribution in [3.63, 3.8) is 0 Å². The summed E-state index contributed by atoms with van der Waals surface area (Å²) < 4.78 is 10.8. The zero-order valence-electron chi connectivity index (χ0n) is 22.4. The zero-order chi connectivity index (χ0) is 26.9. The van der Waals surface area contributed by atoms with Gasteiger partial charge in [0.2, 0.25) is 11.8 Å². The largest absolute Gasteiger partial charge is 0.497 e. The maximum Gasteiger partial charge on any atom is 0.247 e. The maximum absolute atomic E-state index is 14.1. The second-order valence-electron chi connectivity index (χ2n) is 9.71. The van der Waals surface area contributed by atoms with Gasteiger partial charge in [0.1, 0.15) is 17.5 Å². The average Bonchev–Trinajstić information content (AvgIpc) is 2.95. The van der Waals surface area contributed by atoms with Gasteiger partial charge in [0.05, 0.1) is 26.3 Å². The third-order valence-electron chi connectivity index (χ3n) is 7.02. The Kier molecular flexibility index (Phi) is 9.20. The molecule has 0 saturated carbocycles. The monoisotopic (exact) mass is 512 g/mol. The van der Waals surface area contributed by atoms with E-state index in [0.717, 1.165) is 36.0 Å². The molecule has 3 aromatic rings. The molecular formula is C32H36N2O4. The Labute approximate surface area is 225 Å². The van der Waals surface area contributed by atoms with Crippen molar-refractivity contribution in [3.05, 3.63) is 102 Å². The summed E-state index contributed by atoms with van der Waals surface area (Å²) in [6.45, 7) is 2.39. The molecule has 1 N–H and O–H groups in total. The van der Waals surface area contributed by atoms with Crippen molar-refractivity contribution >= 4 is 17.5 Å². The van der Waals surface area contributed by atoms with Gasteiger partial charge in [0.15, 0.2) is 0 Å². The van der Waals surface area contributed by atoms with E-state index in [0.29, 0.717) is 23.7 Å². The first-order valence-electron chi connectivity index (χ1n) is 13.1. The third kappa shape index (κ3) is 6.82. The molecule has 0 spiro atoms. The Bertz CT molecular complexity index is 1250. The summed E-state index contributed by atoms with van der Waals surface area (Å²) in [4.78, 5) is 29.8. The fourth-order valence-electron chi connectivity index (χ4n) is 4.93. The van der Waals surface area contributed by atoms with Gasteiger partial charge in [-0.15, -0.1) is 0 Å². The van der Waals surface area contributed by atoms with E-state index < -0.39 is 6.04 Å². The van der Waals surface area contributed by atoms with Gasteiger partial charge in [-0.05, 0) is 55.4 Å². The number of ether oxygens (including phenoxy) is 2. The first-order chi connectivity index (χ1) is 18.5. The normalized spacial score (nSPS) is 15.4. The van der Waals surface area contributed by atoms with Crippen LogP contribution in [0, 0.1) is 12.8 Å². The number of aryl methyl sites for hydroxylation is 1. The lowest BCUT2D eigenvalue weighted by molar-refractivity contribution is -0.141. The SMILES string of the molecule is COc1ccc(NC(=O)C(C2CC=CCC2)N(Cc2ccc(C)cc2)C(=O)Cc2ccccc2)c(OC)c1. The van der Waals surface area contributed by atoms with Crippen molar-refractivity contribution in [3.8, 4) is 11.5 Å². The van der Waals surface area contributed by atoms with Crippen LogP contribution < -0.4 is 14.8 Å². The Hall–Kier alpha value is -4.06. The van der Waals surface area contributed by atoms with E-state index in [1.165, 1.54) is 0 Å². The number of carbonyl (C=O) groups is 2. The van der Waals surface area contributed by atoms with E-state index in [1.54, 1.807) is 37.3 Å². The van der Waals surface area contributed by atoms with Crippen LogP contribution in [0.15, 0.2) is 84.9 Å².